The van der Waals surface area contributed by atoms with Crippen molar-refractivity contribution in [2.24, 2.45) is 0 Å². The minimum Gasteiger partial charge on any atom is -0.111 e. The average molecular weight is 289 g/mol. The largest absolute Gasteiger partial charge is 0.698 e. The molecule has 3 nitrogen and oxygen atoms in total. The first-order valence-electron chi connectivity index (χ1n) is 6.57. The number of rotatable bonds is 6. The molecule has 2 unspecified atom stereocenters. The fraction of sp³-hybridized carbons (Fsp3) is 0.250. The standard InChI is InChI=1S/C16H18O3P/c1-13(15-9-5-3-6-10-15)18-20(17)19-14(2)16-11-7-4-8-12-16/h3-14H,1-2H3/q+1. The van der Waals surface area contributed by atoms with Gasteiger partial charge >= 0.3 is 8.25 Å². The zero-order valence-corrected chi connectivity index (χ0v) is 12.5. The maximum Gasteiger partial charge on any atom is 0.698 e. The van der Waals surface area contributed by atoms with Crippen molar-refractivity contribution < 1.29 is 13.6 Å². The van der Waals surface area contributed by atoms with E-state index in [2.05, 4.69) is 0 Å². The molecule has 20 heavy (non-hydrogen) atoms. The monoisotopic (exact) mass is 289 g/mol. The zero-order valence-electron chi connectivity index (χ0n) is 11.6. The predicted molar refractivity (Wildman–Crippen MR) is 79.5 cm³/mol. The Kier molecular flexibility index (Phi) is 5.42. The molecule has 0 N–H and O–H groups in total. The van der Waals surface area contributed by atoms with Crippen LogP contribution in [0.4, 0.5) is 0 Å². The molecule has 2 aromatic carbocycles. The van der Waals surface area contributed by atoms with Crippen LogP contribution in [0.5, 0.6) is 0 Å². The van der Waals surface area contributed by atoms with Gasteiger partial charge in [-0.3, -0.25) is 0 Å². The molecule has 0 saturated heterocycles. The van der Waals surface area contributed by atoms with E-state index in [9.17, 15) is 4.57 Å². The van der Waals surface area contributed by atoms with E-state index >= 15 is 0 Å². The molecule has 104 valence electrons. The molecule has 0 aliphatic heterocycles. The minimum atomic E-state index is -2.16. The van der Waals surface area contributed by atoms with Gasteiger partial charge in [0.05, 0.1) is 0 Å². The molecule has 0 aliphatic carbocycles. The van der Waals surface area contributed by atoms with Gasteiger partial charge in [0, 0.05) is 4.57 Å². The lowest BCUT2D eigenvalue weighted by atomic mass is 10.1. The molecule has 0 aliphatic rings. The normalized spacial score (nSPS) is 14.6. The van der Waals surface area contributed by atoms with Crippen molar-refractivity contribution in [3.8, 4) is 0 Å². The summed E-state index contributed by atoms with van der Waals surface area (Å²) in [6.07, 6.45) is -0.523. The van der Waals surface area contributed by atoms with Gasteiger partial charge in [0.1, 0.15) is 12.2 Å². The van der Waals surface area contributed by atoms with E-state index < -0.39 is 8.25 Å². The molecule has 4 heteroatoms. The minimum absolute atomic E-state index is 0.261. The van der Waals surface area contributed by atoms with Crippen molar-refractivity contribution in [2.45, 2.75) is 26.1 Å². The molecule has 0 radical (unpaired) electrons. The van der Waals surface area contributed by atoms with E-state index in [4.69, 9.17) is 9.05 Å². The highest BCUT2D eigenvalue weighted by Gasteiger charge is 2.29. The topological polar surface area (TPSA) is 35.5 Å². The Morgan fingerprint density at radius 1 is 0.750 bits per heavy atom. The lowest BCUT2D eigenvalue weighted by Crippen LogP contribution is -1.98. The van der Waals surface area contributed by atoms with Gasteiger partial charge in [0.25, 0.3) is 0 Å². The molecule has 2 aromatic rings. The summed E-state index contributed by atoms with van der Waals surface area (Å²) in [6, 6.07) is 19.3. The molecule has 0 spiro atoms. The van der Waals surface area contributed by atoms with Crippen molar-refractivity contribution in [1.29, 1.82) is 0 Å². The Bertz CT molecular complexity index is 493. The van der Waals surface area contributed by atoms with Crippen LogP contribution in [0, 0.1) is 0 Å². The van der Waals surface area contributed by atoms with Crippen molar-refractivity contribution in [3.63, 3.8) is 0 Å². The van der Waals surface area contributed by atoms with E-state index in [0.717, 1.165) is 11.1 Å². The molecule has 0 heterocycles. The van der Waals surface area contributed by atoms with Crippen molar-refractivity contribution >= 4 is 8.25 Å². The van der Waals surface area contributed by atoms with Gasteiger partial charge in [-0.05, 0) is 25.0 Å². The second-order valence-electron chi connectivity index (χ2n) is 4.54. The molecule has 0 amide bonds. The van der Waals surface area contributed by atoms with Gasteiger partial charge in [-0.1, -0.05) is 60.7 Å². The maximum atomic E-state index is 11.9. The number of hydrogen-bond acceptors (Lipinski definition) is 3. The average Bonchev–Trinajstić information content (AvgIpc) is 2.49. The number of benzene rings is 2. The highest BCUT2D eigenvalue weighted by Crippen LogP contribution is 2.37. The van der Waals surface area contributed by atoms with Gasteiger partial charge in [-0.15, -0.1) is 9.05 Å². The summed E-state index contributed by atoms with van der Waals surface area (Å²) < 4.78 is 22.7. The predicted octanol–water partition coefficient (Wildman–Crippen LogP) is 5.20. The van der Waals surface area contributed by atoms with Gasteiger partial charge < -0.3 is 0 Å². The third kappa shape index (κ3) is 4.24. The zero-order chi connectivity index (χ0) is 14.4. The Morgan fingerprint density at radius 2 is 1.10 bits per heavy atom. The lowest BCUT2D eigenvalue weighted by Gasteiger charge is -2.07. The van der Waals surface area contributed by atoms with Gasteiger partial charge in [0.2, 0.25) is 0 Å². The van der Waals surface area contributed by atoms with Gasteiger partial charge in [0.15, 0.2) is 0 Å². The van der Waals surface area contributed by atoms with Crippen LogP contribution in [0.3, 0.4) is 0 Å². The molecule has 2 atom stereocenters. The highest BCUT2D eigenvalue weighted by atomic mass is 31.1. The summed E-state index contributed by atoms with van der Waals surface area (Å²) in [5.74, 6) is 0. The fourth-order valence-electron chi connectivity index (χ4n) is 1.85. The second kappa shape index (κ2) is 7.30. The van der Waals surface area contributed by atoms with Gasteiger partial charge in [-0.25, -0.2) is 0 Å². The van der Waals surface area contributed by atoms with Crippen LogP contribution in [0.2, 0.25) is 0 Å². The SMILES string of the molecule is CC(O[P+](=O)OC(C)c1ccccc1)c1ccccc1. The van der Waals surface area contributed by atoms with Crippen LogP contribution in [0.25, 0.3) is 0 Å². The third-order valence-electron chi connectivity index (χ3n) is 3.03. The van der Waals surface area contributed by atoms with Crippen LogP contribution in [-0.4, -0.2) is 0 Å². The molecular formula is C16H18O3P+. The molecule has 2 rings (SSSR count). The van der Waals surface area contributed by atoms with Gasteiger partial charge in [-0.2, -0.15) is 0 Å². The highest BCUT2D eigenvalue weighted by molar-refractivity contribution is 7.33. The second-order valence-corrected chi connectivity index (χ2v) is 5.41. The summed E-state index contributed by atoms with van der Waals surface area (Å²) >= 11 is 0. The molecule has 0 saturated carbocycles. The Labute approximate surface area is 120 Å². The Balaban J connectivity index is 1.90. The molecule has 0 fully saturated rings. The van der Waals surface area contributed by atoms with E-state index in [1.807, 2.05) is 74.5 Å². The Morgan fingerprint density at radius 3 is 1.45 bits per heavy atom. The maximum absolute atomic E-state index is 11.9. The van der Waals surface area contributed by atoms with Crippen molar-refractivity contribution in [3.05, 3.63) is 71.8 Å². The van der Waals surface area contributed by atoms with Crippen LogP contribution in [0.1, 0.15) is 37.2 Å². The molecular weight excluding hydrogens is 271 g/mol. The fourth-order valence-corrected chi connectivity index (χ4v) is 2.66. The summed E-state index contributed by atoms with van der Waals surface area (Å²) in [5, 5.41) is 0. The van der Waals surface area contributed by atoms with Crippen LogP contribution >= 0.6 is 8.25 Å². The number of hydrogen-bond donors (Lipinski definition) is 0. The third-order valence-corrected chi connectivity index (χ3v) is 4.00. The van der Waals surface area contributed by atoms with Crippen LogP contribution < -0.4 is 0 Å². The molecule has 0 aromatic heterocycles. The first-order valence-corrected chi connectivity index (χ1v) is 7.67. The van der Waals surface area contributed by atoms with Crippen molar-refractivity contribution in [1.82, 2.24) is 0 Å². The van der Waals surface area contributed by atoms with E-state index in [1.54, 1.807) is 0 Å². The van der Waals surface area contributed by atoms with E-state index in [1.165, 1.54) is 0 Å². The first kappa shape index (κ1) is 14.9. The van der Waals surface area contributed by atoms with E-state index in [-0.39, 0.29) is 12.2 Å². The quantitative estimate of drug-likeness (QED) is 0.686. The van der Waals surface area contributed by atoms with Crippen LogP contribution in [-0.2, 0) is 13.6 Å². The smallest absolute Gasteiger partial charge is 0.111 e. The van der Waals surface area contributed by atoms with Crippen molar-refractivity contribution in [2.75, 3.05) is 0 Å². The Hall–Kier alpha value is -1.54. The van der Waals surface area contributed by atoms with E-state index in [0.29, 0.717) is 0 Å². The molecule has 0 bridgehead atoms. The lowest BCUT2D eigenvalue weighted by molar-refractivity contribution is 0.146. The summed E-state index contributed by atoms with van der Waals surface area (Å²) in [4.78, 5) is 0. The summed E-state index contributed by atoms with van der Waals surface area (Å²) in [7, 11) is -2.16. The summed E-state index contributed by atoms with van der Waals surface area (Å²) in [6.45, 7) is 3.72. The summed E-state index contributed by atoms with van der Waals surface area (Å²) in [5.41, 5.74) is 1.96. The first-order chi connectivity index (χ1) is 9.66. The van der Waals surface area contributed by atoms with Crippen LogP contribution in [0.15, 0.2) is 60.7 Å².